The number of hydrogen-bond donors (Lipinski definition) is 1. The summed E-state index contributed by atoms with van der Waals surface area (Å²) >= 11 is 1.74. The van der Waals surface area contributed by atoms with Gasteiger partial charge in [-0.15, -0.1) is 11.3 Å². The molecule has 5 heteroatoms. The van der Waals surface area contributed by atoms with Crippen LogP contribution in [-0.4, -0.2) is 36.0 Å². The van der Waals surface area contributed by atoms with E-state index in [-0.39, 0.29) is 5.41 Å². The highest BCUT2D eigenvalue weighted by Gasteiger charge is 2.30. The molecule has 2 heterocycles. The number of hydrogen-bond acceptors (Lipinski definition) is 3. The van der Waals surface area contributed by atoms with Crippen molar-refractivity contribution in [1.29, 1.82) is 0 Å². The first-order valence-electron chi connectivity index (χ1n) is 7.62. The standard InChI is InChI=1S/C16H28N4S/c1-15(2,3)13-19-12(10-21-13)9-18-14(17-6)20-8-7-16(4,5)11-20/h10H,7-9,11H2,1-6H3,(H,17,18). The molecule has 0 saturated carbocycles. The van der Waals surface area contributed by atoms with Crippen LogP contribution in [0, 0.1) is 5.41 Å². The number of thiazole rings is 1. The van der Waals surface area contributed by atoms with Crippen LogP contribution < -0.4 is 5.32 Å². The van der Waals surface area contributed by atoms with Crippen LogP contribution in [0.4, 0.5) is 0 Å². The van der Waals surface area contributed by atoms with Gasteiger partial charge >= 0.3 is 0 Å². The van der Waals surface area contributed by atoms with Gasteiger partial charge in [-0.25, -0.2) is 4.98 Å². The summed E-state index contributed by atoms with van der Waals surface area (Å²) in [6, 6.07) is 0. The van der Waals surface area contributed by atoms with Crippen molar-refractivity contribution in [1.82, 2.24) is 15.2 Å². The van der Waals surface area contributed by atoms with E-state index in [0.29, 0.717) is 5.41 Å². The lowest BCUT2D eigenvalue weighted by molar-refractivity contribution is 0.370. The number of aromatic nitrogens is 1. The Hall–Kier alpha value is -1.10. The van der Waals surface area contributed by atoms with Crippen molar-refractivity contribution in [3.8, 4) is 0 Å². The molecule has 0 unspecified atom stereocenters. The van der Waals surface area contributed by atoms with E-state index in [2.05, 4.69) is 55.2 Å². The summed E-state index contributed by atoms with van der Waals surface area (Å²) in [7, 11) is 1.86. The number of nitrogens with zero attached hydrogens (tertiary/aromatic N) is 3. The fraction of sp³-hybridized carbons (Fsp3) is 0.750. The zero-order chi connectivity index (χ0) is 15.7. The quantitative estimate of drug-likeness (QED) is 0.673. The van der Waals surface area contributed by atoms with Crippen LogP contribution in [0.2, 0.25) is 0 Å². The minimum atomic E-state index is 0.129. The van der Waals surface area contributed by atoms with Crippen LogP contribution in [0.15, 0.2) is 10.4 Å². The summed E-state index contributed by atoms with van der Waals surface area (Å²) in [6.07, 6.45) is 1.22. The van der Waals surface area contributed by atoms with Gasteiger partial charge in [0.25, 0.3) is 0 Å². The zero-order valence-corrected chi connectivity index (χ0v) is 15.0. The van der Waals surface area contributed by atoms with E-state index in [9.17, 15) is 0 Å². The van der Waals surface area contributed by atoms with E-state index >= 15 is 0 Å². The molecule has 4 nitrogen and oxygen atoms in total. The van der Waals surface area contributed by atoms with Crippen molar-refractivity contribution in [3.05, 3.63) is 16.1 Å². The summed E-state index contributed by atoms with van der Waals surface area (Å²) in [5.41, 5.74) is 1.62. The Morgan fingerprint density at radius 2 is 2.19 bits per heavy atom. The Balaban J connectivity index is 1.94. The third kappa shape index (κ3) is 4.19. The van der Waals surface area contributed by atoms with Gasteiger partial charge in [0.05, 0.1) is 17.2 Å². The highest BCUT2D eigenvalue weighted by Crippen LogP contribution is 2.29. The summed E-state index contributed by atoms with van der Waals surface area (Å²) in [6.45, 7) is 14.1. The molecule has 0 spiro atoms. The summed E-state index contributed by atoms with van der Waals surface area (Å²) < 4.78 is 0. The average molecular weight is 308 g/mol. The average Bonchev–Trinajstić information content (AvgIpc) is 2.96. The maximum Gasteiger partial charge on any atom is 0.193 e. The summed E-state index contributed by atoms with van der Waals surface area (Å²) in [5.74, 6) is 0.992. The normalized spacial score (nSPS) is 19.1. The molecule has 0 atom stereocenters. The largest absolute Gasteiger partial charge is 0.351 e. The van der Waals surface area contributed by atoms with Crippen LogP contribution in [0.5, 0.6) is 0 Å². The number of nitrogens with one attached hydrogen (secondary N) is 1. The monoisotopic (exact) mass is 308 g/mol. The van der Waals surface area contributed by atoms with Crippen molar-refractivity contribution in [2.45, 2.75) is 53.0 Å². The van der Waals surface area contributed by atoms with Crippen molar-refractivity contribution in [2.75, 3.05) is 20.1 Å². The molecule has 1 aromatic rings. The molecule has 1 N–H and O–H groups in total. The van der Waals surface area contributed by atoms with Gasteiger partial charge in [0, 0.05) is 30.9 Å². The first-order chi connectivity index (χ1) is 9.71. The second-order valence-electron chi connectivity index (χ2n) is 7.63. The molecule has 1 aromatic heterocycles. The molecule has 0 amide bonds. The molecule has 1 aliphatic heterocycles. The SMILES string of the molecule is CN=C(NCc1csc(C(C)(C)C)n1)N1CCC(C)(C)C1. The molecular weight excluding hydrogens is 280 g/mol. The number of aliphatic imine (C=N–C) groups is 1. The van der Waals surface area contributed by atoms with Crippen molar-refractivity contribution in [3.63, 3.8) is 0 Å². The van der Waals surface area contributed by atoms with Crippen molar-refractivity contribution < 1.29 is 0 Å². The van der Waals surface area contributed by atoms with E-state index < -0.39 is 0 Å². The fourth-order valence-electron chi connectivity index (χ4n) is 2.53. The van der Waals surface area contributed by atoms with Crippen molar-refractivity contribution >= 4 is 17.3 Å². The number of rotatable bonds is 2. The Morgan fingerprint density at radius 3 is 2.67 bits per heavy atom. The topological polar surface area (TPSA) is 40.5 Å². The fourth-order valence-corrected chi connectivity index (χ4v) is 3.43. The van der Waals surface area contributed by atoms with Crippen LogP contribution in [0.25, 0.3) is 0 Å². The third-order valence-corrected chi connectivity index (χ3v) is 5.13. The first-order valence-corrected chi connectivity index (χ1v) is 8.50. The molecular formula is C16H28N4S. The minimum absolute atomic E-state index is 0.129. The predicted octanol–water partition coefficient (Wildman–Crippen LogP) is 3.25. The maximum absolute atomic E-state index is 4.73. The Bertz CT molecular complexity index is 511. The molecule has 118 valence electrons. The van der Waals surface area contributed by atoms with Gasteiger partial charge in [0.1, 0.15) is 0 Å². The molecule has 0 aliphatic carbocycles. The van der Waals surface area contributed by atoms with Gasteiger partial charge in [0.2, 0.25) is 0 Å². The predicted molar refractivity (Wildman–Crippen MR) is 91.0 cm³/mol. The molecule has 0 aromatic carbocycles. The van der Waals surface area contributed by atoms with Gasteiger partial charge in [-0.3, -0.25) is 4.99 Å². The van der Waals surface area contributed by atoms with Crippen LogP contribution >= 0.6 is 11.3 Å². The van der Waals surface area contributed by atoms with Gasteiger partial charge in [0.15, 0.2) is 5.96 Å². The first kappa shape index (κ1) is 16.3. The highest BCUT2D eigenvalue weighted by molar-refractivity contribution is 7.09. The second-order valence-corrected chi connectivity index (χ2v) is 8.49. The molecule has 0 radical (unpaired) electrons. The van der Waals surface area contributed by atoms with E-state index in [0.717, 1.165) is 31.3 Å². The molecule has 1 aliphatic rings. The molecule has 0 bridgehead atoms. The highest BCUT2D eigenvalue weighted by atomic mass is 32.1. The minimum Gasteiger partial charge on any atom is -0.351 e. The number of guanidine groups is 1. The van der Waals surface area contributed by atoms with E-state index in [1.165, 1.54) is 11.4 Å². The van der Waals surface area contributed by atoms with E-state index in [1.807, 2.05) is 7.05 Å². The summed E-state index contributed by atoms with van der Waals surface area (Å²) in [5, 5.41) is 6.79. The van der Waals surface area contributed by atoms with Crippen molar-refractivity contribution in [2.24, 2.45) is 10.4 Å². The zero-order valence-electron chi connectivity index (χ0n) is 14.2. The van der Waals surface area contributed by atoms with Gasteiger partial charge in [-0.05, 0) is 11.8 Å². The van der Waals surface area contributed by atoms with Gasteiger partial charge in [-0.1, -0.05) is 34.6 Å². The molecule has 1 fully saturated rings. The lowest BCUT2D eigenvalue weighted by Crippen LogP contribution is -2.40. The molecule has 1 saturated heterocycles. The second kappa shape index (κ2) is 5.95. The van der Waals surface area contributed by atoms with Crippen LogP contribution in [-0.2, 0) is 12.0 Å². The molecule has 21 heavy (non-hydrogen) atoms. The lowest BCUT2D eigenvalue weighted by atomic mass is 9.93. The Morgan fingerprint density at radius 1 is 1.48 bits per heavy atom. The maximum atomic E-state index is 4.73. The van der Waals surface area contributed by atoms with Crippen LogP contribution in [0.3, 0.4) is 0 Å². The van der Waals surface area contributed by atoms with Gasteiger partial charge in [-0.2, -0.15) is 0 Å². The third-order valence-electron chi connectivity index (χ3n) is 3.81. The number of likely N-dealkylation sites (tertiary alicyclic amines) is 1. The lowest BCUT2D eigenvalue weighted by Gasteiger charge is -2.23. The van der Waals surface area contributed by atoms with E-state index in [4.69, 9.17) is 4.98 Å². The van der Waals surface area contributed by atoms with Gasteiger partial charge < -0.3 is 10.2 Å². The van der Waals surface area contributed by atoms with Crippen LogP contribution in [0.1, 0.15) is 51.7 Å². The Kier molecular flexibility index (Phi) is 4.61. The van der Waals surface area contributed by atoms with E-state index in [1.54, 1.807) is 11.3 Å². The molecule has 2 rings (SSSR count). The summed E-state index contributed by atoms with van der Waals surface area (Å²) in [4.78, 5) is 11.5. The Labute approximate surface area is 132 Å². The smallest absolute Gasteiger partial charge is 0.193 e.